The second-order valence-corrected chi connectivity index (χ2v) is 5.41. The van der Waals surface area contributed by atoms with Crippen molar-refractivity contribution < 1.29 is 9.13 Å². The second-order valence-electron chi connectivity index (χ2n) is 4.49. The summed E-state index contributed by atoms with van der Waals surface area (Å²) in [6.45, 7) is 3.37. The number of ether oxygens (including phenoxy) is 1. The number of aryl methyl sites for hydroxylation is 2. The van der Waals surface area contributed by atoms with E-state index in [1.165, 1.54) is 6.07 Å². The molecule has 108 valence electrons. The number of imidazole rings is 1. The maximum absolute atomic E-state index is 13.8. The first-order chi connectivity index (χ1) is 9.60. The molecular formula is C14H17BrFN3O. The molecule has 1 aromatic carbocycles. The number of nitrogens with one attached hydrogen (secondary N) is 1. The van der Waals surface area contributed by atoms with Gasteiger partial charge in [0.05, 0.1) is 11.4 Å². The molecule has 6 heteroatoms. The van der Waals surface area contributed by atoms with Gasteiger partial charge in [0.15, 0.2) is 0 Å². The standard InChI is InChI=1S/C14H17BrFN3O/c1-10-9-19(6-3-7-20-2)14(17-10)18-13-5-4-11(15)8-12(13)16/h4-5,8-9H,3,6-7H2,1-2H3,(H,17,18). The molecule has 0 spiro atoms. The fraction of sp³-hybridized carbons (Fsp3) is 0.357. The molecule has 0 bridgehead atoms. The van der Waals surface area contributed by atoms with Crippen molar-refractivity contribution >= 4 is 27.6 Å². The number of methoxy groups -OCH3 is 1. The number of nitrogens with zero attached hydrogens (tertiary/aromatic N) is 2. The third-order valence-electron chi connectivity index (χ3n) is 2.82. The van der Waals surface area contributed by atoms with Crippen LogP contribution < -0.4 is 5.32 Å². The van der Waals surface area contributed by atoms with Crippen LogP contribution in [0.2, 0.25) is 0 Å². The van der Waals surface area contributed by atoms with Gasteiger partial charge >= 0.3 is 0 Å². The molecule has 0 unspecified atom stereocenters. The molecule has 0 saturated heterocycles. The van der Waals surface area contributed by atoms with E-state index in [1.807, 2.05) is 17.7 Å². The molecule has 4 nitrogen and oxygen atoms in total. The third kappa shape index (κ3) is 3.80. The highest BCUT2D eigenvalue weighted by Crippen LogP contribution is 2.23. The zero-order chi connectivity index (χ0) is 14.5. The van der Waals surface area contributed by atoms with Gasteiger partial charge < -0.3 is 14.6 Å². The molecule has 0 aliphatic carbocycles. The van der Waals surface area contributed by atoms with Crippen molar-refractivity contribution in [3.05, 3.63) is 40.4 Å². The van der Waals surface area contributed by atoms with Gasteiger partial charge in [-0.3, -0.25) is 0 Å². The van der Waals surface area contributed by atoms with Gasteiger partial charge in [-0.15, -0.1) is 0 Å². The van der Waals surface area contributed by atoms with Crippen LogP contribution in [-0.2, 0) is 11.3 Å². The highest BCUT2D eigenvalue weighted by Gasteiger charge is 2.09. The number of hydrogen-bond donors (Lipinski definition) is 1. The van der Waals surface area contributed by atoms with Crippen molar-refractivity contribution in [2.75, 3.05) is 19.0 Å². The van der Waals surface area contributed by atoms with Crippen molar-refractivity contribution in [1.82, 2.24) is 9.55 Å². The van der Waals surface area contributed by atoms with Crippen molar-refractivity contribution in [3.8, 4) is 0 Å². The molecule has 0 atom stereocenters. The summed E-state index contributed by atoms with van der Waals surface area (Å²) in [5, 5.41) is 3.03. The van der Waals surface area contributed by atoms with Crippen LogP contribution in [-0.4, -0.2) is 23.3 Å². The molecule has 2 aromatic rings. The zero-order valence-electron chi connectivity index (χ0n) is 11.5. The van der Waals surface area contributed by atoms with Crippen LogP contribution in [0.5, 0.6) is 0 Å². The second kappa shape index (κ2) is 6.85. The Morgan fingerprint density at radius 2 is 2.25 bits per heavy atom. The normalized spacial score (nSPS) is 10.8. The highest BCUT2D eigenvalue weighted by molar-refractivity contribution is 9.10. The predicted octanol–water partition coefficient (Wildman–Crippen LogP) is 3.87. The van der Waals surface area contributed by atoms with Gasteiger partial charge in [-0.1, -0.05) is 15.9 Å². The number of halogens is 2. The minimum Gasteiger partial charge on any atom is -0.385 e. The number of rotatable bonds is 6. The first-order valence-electron chi connectivity index (χ1n) is 6.35. The molecule has 0 saturated carbocycles. The molecule has 0 fully saturated rings. The number of benzene rings is 1. The van der Waals surface area contributed by atoms with Gasteiger partial charge in [-0.25, -0.2) is 9.37 Å². The Balaban J connectivity index is 2.15. The summed E-state index contributed by atoms with van der Waals surface area (Å²) >= 11 is 3.24. The largest absolute Gasteiger partial charge is 0.385 e. The molecular weight excluding hydrogens is 325 g/mol. The Morgan fingerprint density at radius 3 is 2.95 bits per heavy atom. The topological polar surface area (TPSA) is 39.1 Å². The molecule has 20 heavy (non-hydrogen) atoms. The van der Waals surface area contributed by atoms with Crippen LogP contribution in [0.15, 0.2) is 28.9 Å². The highest BCUT2D eigenvalue weighted by atomic mass is 79.9. The molecule has 0 aliphatic heterocycles. The van der Waals surface area contributed by atoms with Crippen molar-refractivity contribution in [2.45, 2.75) is 19.9 Å². The average Bonchev–Trinajstić information content (AvgIpc) is 2.73. The number of aromatic nitrogens is 2. The monoisotopic (exact) mass is 341 g/mol. The van der Waals surface area contributed by atoms with Gasteiger partial charge in [-0.05, 0) is 31.5 Å². The van der Waals surface area contributed by atoms with Crippen molar-refractivity contribution in [1.29, 1.82) is 0 Å². The van der Waals surface area contributed by atoms with E-state index in [9.17, 15) is 4.39 Å². The lowest BCUT2D eigenvalue weighted by molar-refractivity contribution is 0.190. The SMILES string of the molecule is COCCCn1cc(C)nc1Nc1ccc(Br)cc1F. The lowest BCUT2D eigenvalue weighted by atomic mass is 10.3. The maximum Gasteiger partial charge on any atom is 0.207 e. The lowest BCUT2D eigenvalue weighted by Crippen LogP contribution is -2.06. The molecule has 1 N–H and O–H groups in total. The van der Waals surface area contributed by atoms with Gasteiger partial charge in [-0.2, -0.15) is 0 Å². The van der Waals surface area contributed by atoms with E-state index >= 15 is 0 Å². The smallest absolute Gasteiger partial charge is 0.207 e. The Morgan fingerprint density at radius 1 is 1.45 bits per heavy atom. The summed E-state index contributed by atoms with van der Waals surface area (Å²) in [7, 11) is 1.68. The van der Waals surface area contributed by atoms with Crippen LogP contribution in [0.4, 0.5) is 16.0 Å². The van der Waals surface area contributed by atoms with E-state index in [4.69, 9.17) is 4.74 Å². The zero-order valence-corrected chi connectivity index (χ0v) is 13.1. The van der Waals surface area contributed by atoms with E-state index in [0.29, 0.717) is 22.7 Å². The Labute approximate surface area is 126 Å². The minimum absolute atomic E-state index is 0.316. The minimum atomic E-state index is -0.316. The van der Waals surface area contributed by atoms with E-state index < -0.39 is 0 Å². The van der Waals surface area contributed by atoms with Crippen LogP contribution in [0, 0.1) is 12.7 Å². The van der Waals surface area contributed by atoms with E-state index in [-0.39, 0.29) is 5.82 Å². The summed E-state index contributed by atoms with van der Waals surface area (Å²) in [6.07, 6.45) is 2.82. The molecule has 2 rings (SSSR count). The summed E-state index contributed by atoms with van der Waals surface area (Å²) in [5.41, 5.74) is 1.30. The van der Waals surface area contributed by atoms with Gasteiger partial charge in [0.1, 0.15) is 5.82 Å². The van der Waals surface area contributed by atoms with E-state index in [0.717, 1.165) is 18.7 Å². The van der Waals surface area contributed by atoms with Gasteiger partial charge in [0.25, 0.3) is 0 Å². The summed E-state index contributed by atoms with van der Waals surface area (Å²) in [6, 6.07) is 4.90. The van der Waals surface area contributed by atoms with Crippen LogP contribution in [0.3, 0.4) is 0 Å². The van der Waals surface area contributed by atoms with E-state index in [1.54, 1.807) is 19.2 Å². The van der Waals surface area contributed by atoms with Crippen LogP contribution in [0.25, 0.3) is 0 Å². The third-order valence-corrected chi connectivity index (χ3v) is 3.32. The van der Waals surface area contributed by atoms with Gasteiger partial charge in [0.2, 0.25) is 5.95 Å². The fourth-order valence-corrected chi connectivity index (χ4v) is 2.24. The maximum atomic E-state index is 13.8. The molecule has 0 aliphatic rings. The Bertz CT molecular complexity index is 586. The molecule has 1 aromatic heterocycles. The summed E-state index contributed by atoms with van der Waals surface area (Å²) in [5.74, 6) is 0.322. The number of anilines is 2. The Hall–Kier alpha value is -1.40. The van der Waals surface area contributed by atoms with E-state index in [2.05, 4.69) is 26.2 Å². The van der Waals surface area contributed by atoms with Crippen LogP contribution in [0.1, 0.15) is 12.1 Å². The Kier molecular flexibility index (Phi) is 5.14. The summed E-state index contributed by atoms with van der Waals surface area (Å²) in [4.78, 5) is 4.38. The molecule has 0 radical (unpaired) electrons. The first-order valence-corrected chi connectivity index (χ1v) is 7.14. The van der Waals surface area contributed by atoms with Crippen LogP contribution >= 0.6 is 15.9 Å². The lowest BCUT2D eigenvalue weighted by Gasteiger charge is -2.10. The number of hydrogen-bond acceptors (Lipinski definition) is 3. The molecule has 1 heterocycles. The molecule has 0 amide bonds. The quantitative estimate of drug-likeness (QED) is 0.810. The summed E-state index contributed by atoms with van der Waals surface area (Å²) < 4.78 is 21.5. The van der Waals surface area contributed by atoms with Crippen molar-refractivity contribution in [3.63, 3.8) is 0 Å². The fourth-order valence-electron chi connectivity index (χ4n) is 1.91. The van der Waals surface area contributed by atoms with Crippen molar-refractivity contribution in [2.24, 2.45) is 0 Å². The predicted molar refractivity (Wildman–Crippen MR) is 80.8 cm³/mol. The first kappa shape index (κ1) is 15.0. The average molecular weight is 342 g/mol. The van der Waals surface area contributed by atoms with Gasteiger partial charge in [0, 0.05) is 30.9 Å².